The van der Waals surface area contributed by atoms with Gasteiger partial charge in [0.15, 0.2) is 23.8 Å². The number of urea groups is 1. The Balaban J connectivity index is 1.73. The predicted octanol–water partition coefficient (Wildman–Crippen LogP) is 4.55. The largest absolute Gasteiger partial charge is 0.459 e. The predicted molar refractivity (Wildman–Crippen MR) is 161 cm³/mol. The molecule has 4 rings (SSSR count). The number of hydrogen-bond acceptors (Lipinski definition) is 9. The number of halogens is 6. The molecule has 3 fully saturated rings. The number of rotatable bonds is 9. The molecule has 12 nitrogen and oxygen atoms in total. The van der Waals surface area contributed by atoms with Crippen molar-refractivity contribution >= 4 is 17.9 Å². The van der Waals surface area contributed by atoms with Gasteiger partial charge in [-0.25, -0.2) is 9.59 Å². The molecule has 2 N–H and O–H groups in total. The van der Waals surface area contributed by atoms with Crippen LogP contribution in [0, 0.1) is 5.92 Å². The van der Waals surface area contributed by atoms with Gasteiger partial charge in [0.25, 0.3) is 0 Å². The normalized spacial score (nSPS) is 27.1. The summed E-state index contributed by atoms with van der Waals surface area (Å²) in [6.07, 6.45) is -18.0. The summed E-state index contributed by atoms with van der Waals surface area (Å²) in [4.78, 5) is 40.4. The molecule has 3 heterocycles. The highest BCUT2D eigenvalue weighted by atomic mass is 19.4. The first kappa shape index (κ1) is 39.6. The zero-order valence-corrected chi connectivity index (χ0v) is 28.8. The molecule has 0 saturated carbocycles. The van der Waals surface area contributed by atoms with Crippen LogP contribution in [0.1, 0.15) is 61.0 Å². The van der Waals surface area contributed by atoms with Crippen molar-refractivity contribution < 1.29 is 69.1 Å². The lowest BCUT2D eigenvalue weighted by Crippen LogP contribution is -2.67. The molecule has 0 radical (unpaired) electrons. The molecule has 0 aromatic heterocycles. The van der Waals surface area contributed by atoms with Gasteiger partial charge in [-0.2, -0.15) is 26.3 Å². The van der Waals surface area contributed by atoms with Gasteiger partial charge in [-0.1, -0.05) is 30.3 Å². The number of nitrogens with one attached hydrogen (secondary N) is 2. The van der Waals surface area contributed by atoms with E-state index in [0.717, 1.165) is 6.92 Å². The molecule has 3 aliphatic rings. The molecule has 1 aromatic rings. The Morgan fingerprint density at radius 2 is 1.40 bits per heavy atom. The van der Waals surface area contributed by atoms with Gasteiger partial charge in [0.2, 0.25) is 5.91 Å². The van der Waals surface area contributed by atoms with Gasteiger partial charge in [-0.15, -0.1) is 0 Å². The van der Waals surface area contributed by atoms with Crippen molar-refractivity contribution in [3.8, 4) is 0 Å². The third-order valence-corrected chi connectivity index (χ3v) is 7.93. The van der Waals surface area contributed by atoms with E-state index >= 15 is 0 Å². The second-order valence-corrected chi connectivity index (χ2v) is 14.4. The fraction of sp³-hybridized carbons (Fsp3) is 0.719. The Morgan fingerprint density at radius 3 is 1.96 bits per heavy atom. The molecule has 0 aliphatic carbocycles. The second kappa shape index (κ2) is 14.1. The average Bonchev–Trinajstić information content (AvgIpc) is 3.45. The SMILES string of the molecule is C[C@H](NC(=O)[C@@H](C(C(F)(F)F)C(F)(F)F)N(C[C@H]1O[C@@H]2OC(C)(C)O[C@@H]2[C@H]2OC(C)(C)O[C@H]21)C(=O)NC(C)(C)C)C(=O)OCc1ccccc1. The van der Waals surface area contributed by atoms with Gasteiger partial charge in [-0.3, -0.25) is 4.79 Å². The number of alkyl halides is 6. The summed E-state index contributed by atoms with van der Waals surface area (Å²) in [6.45, 7) is 10.2. The molecule has 3 saturated heterocycles. The van der Waals surface area contributed by atoms with Crippen LogP contribution in [0.5, 0.6) is 0 Å². The highest BCUT2D eigenvalue weighted by Crippen LogP contribution is 2.46. The van der Waals surface area contributed by atoms with E-state index in [-0.39, 0.29) is 11.5 Å². The topological polar surface area (TPSA) is 134 Å². The van der Waals surface area contributed by atoms with Crippen LogP contribution in [0.25, 0.3) is 0 Å². The standard InChI is InChI=1S/C32H43F6N3O9/c1-16(25(43)45-15-17-12-10-9-11-13-17)39-24(42)19(23(31(33,34)35)32(36,37)38)41(27(44)40-28(2,3)4)14-18-20-21(48-29(5,6)47-20)22-26(46-18)50-30(7,8)49-22/h9-13,16,18-23,26H,14-15H2,1-8H3,(H,39,42)(H,40,44)/t16-,18+,19+,20-,21-,22+,26+/m0/s1. The number of esters is 1. The third kappa shape index (κ3) is 9.57. The van der Waals surface area contributed by atoms with Crippen LogP contribution in [-0.4, -0.2) is 102 Å². The molecular formula is C32H43F6N3O9. The Labute approximate surface area is 285 Å². The zero-order valence-electron chi connectivity index (χ0n) is 28.8. The van der Waals surface area contributed by atoms with Crippen LogP contribution in [0.3, 0.4) is 0 Å². The van der Waals surface area contributed by atoms with Crippen molar-refractivity contribution in [2.24, 2.45) is 5.92 Å². The first-order chi connectivity index (χ1) is 22.8. The van der Waals surface area contributed by atoms with E-state index in [4.69, 9.17) is 28.4 Å². The van der Waals surface area contributed by atoms with Gasteiger partial charge in [0, 0.05) is 5.54 Å². The van der Waals surface area contributed by atoms with Crippen LogP contribution in [0.2, 0.25) is 0 Å². The number of fused-ring (bicyclic) bond motifs is 3. The first-order valence-corrected chi connectivity index (χ1v) is 15.9. The summed E-state index contributed by atoms with van der Waals surface area (Å²) < 4.78 is 122. The number of hydrogen-bond donors (Lipinski definition) is 2. The molecule has 0 spiro atoms. The minimum absolute atomic E-state index is 0.103. The fourth-order valence-corrected chi connectivity index (χ4v) is 5.98. The Bertz CT molecular complexity index is 1370. The van der Waals surface area contributed by atoms with E-state index in [2.05, 4.69) is 5.32 Å². The number of carbonyl (C=O) groups is 3. The lowest BCUT2D eigenvalue weighted by atomic mass is 9.93. The molecular weight excluding hydrogens is 684 g/mol. The monoisotopic (exact) mass is 727 g/mol. The summed E-state index contributed by atoms with van der Waals surface area (Å²) in [6, 6.07) is 1.75. The van der Waals surface area contributed by atoms with Crippen LogP contribution in [0.4, 0.5) is 31.1 Å². The molecule has 0 unspecified atom stereocenters. The van der Waals surface area contributed by atoms with Crippen molar-refractivity contribution in [3.63, 3.8) is 0 Å². The minimum Gasteiger partial charge on any atom is -0.459 e. The maximum atomic E-state index is 14.5. The number of benzene rings is 1. The van der Waals surface area contributed by atoms with Crippen LogP contribution < -0.4 is 10.6 Å². The number of amides is 3. The smallest absolute Gasteiger partial charge is 0.403 e. The summed E-state index contributed by atoms with van der Waals surface area (Å²) >= 11 is 0. The quantitative estimate of drug-likeness (QED) is 0.278. The molecule has 282 valence electrons. The van der Waals surface area contributed by atoms with E-state index in [0.29, 0.717) is 5.56 Å². The Hall–Kier alpha value is -3.19. The molecule has 18 heteroatoms. The summed E-state index contributed by atoms with van der Waals surface area (Å²) in [5, 5.41) is 4.26. The number of carbonyl (C=O) groups excluding carboxylic acids is 3. The van der Waals surface area contributed by atoms with Gasteiger partial charge >= 0.3 is 24.4 Å². The van der Waals surface area contributed by atoms with Crippen LogP contribution in [-0.2, 0) is 44.6 Å². The summed E-state index contributed by atoms with van der Waals surface area (Å²) in [5.41, 5.74) is -0.662. The first-order valence-electron chi connectivity index (χ1n) is 15.9. The van der Waals surface area contributed by atoms with Crippen molar-refractivity contribution in [1.82, 2.24) is 15.5 Å². The molecule has 7 atom stereocenters. The second-order valence-electron chi connectivity index (χ2n) is 14.4. The lowest BCUT2D eigenvalue weighted by molar-refractivity contribution is -0.297. The van der Waals surface area contributed by atoms with E-state index < -0.39 is 103 Å². The number of ether oxygens (including phenoxy) is 6. The maximum Gasteiger partial charge on any atom is 0.403 e. The van der Waals surface area contributed by atoms with E-state index in [1.165, 1.54) is 34.6 Å². The minimum atomic E-state index is -6.10. The highest BCUT2D eigenvalue weighted by molar-refractivity contribution is 5.91. The average molecular weight is 728 g/mol. The van der Waals surface area contributed by atoms with Gasteiger partial charge in [0.05, 0.1) is 6.54 Å². The van der Waals surface area contributed by atoms with Crippen molar-refractivity contribution in [2.45, 2.75) is 134 Å². The molecule has 0 bridgehead atoms. The maximum absolute atomic E-state index is 14.5. The number of nitrogens with zero attached hydrogens (tertiary/aromatic N) is 1. The van der Waals surface area contributed by atoms with Crippen molar-refractivity contribution in [1.29, 1.82) is 0 Å². The van der Waals surface area contributed by atoms with Crippen LogP contribution in [0.15, 0.2) is 30.3 Å². The Kier molecular flexibility index (Phi) is 11.2. The zero-order chi connectivity index (χ0) is 37.6. The van der Waals surface area contributed by atoms with E-state index in [1.54, 1.807) is 44.2 Å². The molecule has 1 aromatic carbocycles. The summed E-state index contributed by atoms with van der Waals surface area (Å²) in [7, 11) is 0. The lowest BCUT2D eigenvalue weighted by Gasteiger charge is -2.43. The van der Waals surface area contributed by atoms with Crippen LogP contribution >= 0.6 is 0 Å². The summed E-state index contributed by atoms with van der Waals surface area (Å²) in [5.74, 6) is -10.0. The molecule has 3 amide bonds. The van der Waals surface area contributed by atoms with Gasteiger partial charge in [-0.05, 0) is 61.0 Å². The fourth-order valence-electron chi connectivity index (χ4n) is 5.98. The molecule has 3 aliphatic heterocycles. The van der Waals surface area contributed by atoms with Crippen molar-refractivity contribution in [2.75, 3.05) is 6.54 Å². The van der Waals surface area contributed by atoms with Gasteiger partial charge < -0.3 is 44.0 Å². The van der Waals surface area contributed by atoms with E-state index in [1.807, 2.05) is 5.32 Å². The van der Waals surface area contributed by atoms with Gasteiger partial charge in [0.1, 0.15) is 43.1 Å². The van der Waals surface area contributed by atoms with Crippen molar-refractivity contribution in [3.05, 3.63) is 35.9 Å². The molecule has 50 heavy (non-hydrogen) atoms. The van der Waals surface area contributed by atoms with E-state index in [9.17, 15) is 40.7 Å². The third-order valence-electron chi connectivity index (χ3n) is 7.93. The Morgan fingerprint density at radius 1 is 0.860 bits per heavy atom. The highest BCUT2D eigenvalue weighted by Gasteiger charge is 2.66.